The molecule has 0 N–H and O–H groups in total. The van der Waals surface area contributed by atoms with Crippen LogP contribution in [-0.2, 0) is 20.5 Å². The molecule has 3 saturated heterocycles. The molecule has 2 unspecified atom stereocenters. The molecule has 0 spiro atoms. The average molecular weight is 493 g/mol. The highest BCUT2D eigenvalue weighted by Gasteiger charge is 2.35. The van der Waals surface area contributed by atoms with Gasteiger partial charge in [-0.25, -0.2) is 8.51 Å². The fourth-order valence-corrected chi connectivity index (χ4v) is 6.90. The fraction of sp³-hybridized carbons (Fsp3) is 0.720. The molecule has 3 aliphatic heterocycles. The minimum atomic E-state index is -1.24. The molecule has 0 aliphatic carbocycles. The van der Waals surface area contributed by atoms with E-state index in [1.54, 1.807) is 7.11 Å². The van der Waals surface area contributed by atoms with Crippen molar-refractivity contribution in [3.05, 3.63) is 23.3 Å². The maximum Gasteiger partial charge on any atom is 0.248 e. The smallest absolute Gasteiger partial charge is 0.248 e. The van der Waals surface area contributed by atoms with Gasteiger partial charge in [-0.15, -0.1) is 0 Å². The number of piperazine rings is 1. The number of ether oxygens (including phenoxy) is 2. The Labute approximate surface area is 206 Å². The molecular formula is C25H40N4O4S. The molecule has 9 heteroatoms. The van der Waals surface area contributed by atoms with E-state index in [2.05, 4.69) is 16.8 Å². The molecule has 0 radical (unpaired) electrons. The number of piperidine rings is 1. The Morgan fingerprint density at radius 1 is 1.00 bits per heavy atom. The zero-order valence-electron chi connectivity index (χ0n) is 21.1. The van der Waals surface area contributed by atoms with Crippen molar-refractivity contribution in [2.24, 2.45) is 0 Å². The summed E-state index contributed by atoms with van der Waals surface area (Å²) in [7, 11) is 2.59. The Kier molecular flexibility index (Phi) is 8.63. The number of nitrogens with zero attached hydrogens (tertiary/aromatic N) is 4. The van der Waals surface area contributed by atoms with Crippen molar-refractivity contribution in [1.82, 2.24) is 19.0 Å². The van der Waals surface area contributed by atoms with E-state index in [0.717, 1.165) is 74.0 Å². The molecule has 3 aliphatic rings. The Morgan fingerprint density at radius 3 is 2.21 bits per heavy atom. The minimum Gasteiger partial charge on any atom is -0.497 e. The summed E-state index contributed by atoms with van der Waals surface area (Å²) in [6.07, 6.45) is 3.38. The lowest BCUT2D eigenvalue weighted by atomic mass is 10.0. The first kappa shape index (κ1) is 25.6. The summed E-state index contributed by atoms with van der Waals surface area (Å²) in [5.74, 6) is 0.849. The third kappa shape index (κ3) is 5.82. The molecule has 0 bridgehead atoms. The highest BCUT2D eigenvalue weighted by atomic mass is 32.2. The van der Waals surface area contributed by atoms with Crippen LogP contribution in [0.25, 0.3) is 0 Å². The molecule has 8 nitrogen and oxygen atoms in total. The Hall–Kier alpha value is -1.52. The highest BCUT2D eigenvalue weighted by Crippen LogP contribution is 2.30. The van der Waals surface area contributed by atoms with Crippen LogP contribution in [0.4, 0.5) is 0 Å². The van der Waals surface area contributed by atoms with Gasteiger partial charge in [-0.05, 0) is 76.5 Å². The largest absolute Gasteiger partial charge is 0.497 e. The van der Waals surface area contributed by atoms with Gasteiger partial charge in [0.05, 0.1) is 18.6 Å². The second kappa shape index (κ2) is 11.5. The van der Waals surface area contributed by atoms with Gasteiger partial charge < -0.3 is 19.3 Å². The fourth-order valence-electron chi connectivity index (χ4n) is 5.29. The number of amides is 1. The zero-order chi connectivity index (χ0) is 24.2. The van der Waals surface area contributed by atoms with Gasteiger partial charge in [-0.3, -0.25) is 9.69 Å². The summed E-state index contributed by atoms with van der Waals surface area (Å²) >= 11 is 0. The van der Waals surface area contributed by atoms with Crippen molar-refractivity contribution < 1.29 is 18.5 Å². The van der Waals surface area contributed by atoms with E-state index >= 15 is 0 Å². The predicted molar refractivity (Wildman–Crippen MR) is 133 cm³/mol. The number of hydrogen-bond acceptors (Lipinski definition) is 6. The van der Waals surface area contributed by atoms with Gasteiger partial charge in [0.25, 0.3) is 0 Å². The number of carbonyl (C=O) groups excluding carboxylic acids is 1. The predicted octanol–water partition coefficient (Wildman–Crippen LogP) is 1.66. The number of likely N-dealkylation sites (tertiary alicyclic amines) is 1. The number of benzene rings is 1. The van der Waals surface area contributed by atoms with E-state index in [1.165, 1.54) is 12.8 Å². The van der Waals surface area contributed by atoms with Crippen LogP contribution >= 0.6 is 0 Å². The normalized spacial score (nSPS) is 24.1. The van der Waals surface area contributed by atoms with Crippen molar-refractivity contribution in [2.45, 2.75) is 50.1 Å². The van der Waals surface area contributed by atoms with E-state index in [1.807, 2.05) is 35.2 Å². The van der Waals surface area contributed by atoms with E-state index in [4.69, 9.17) is 9.47 Å². The summed E-state index contributed by atoms with van der Waals surface area (Å²) in [5, 5.41) is 0. The SMILES string of the molecule is COc1cc(C)c(S(=O)N2CCC2COCC(=O)N2CCN(C3CCN(C)CC3)CC2)c(C)c1. The number of carbonyl (C=O) groups is 1. The van der Waals surface area contributed by atoms with Crippen LogP contribution < -0.4 is 4.74 Å². The Bertz CT molecular complexity index is 859. The zero-order valence-corrected chi connectivity index (χ0v) is 21.9. The lowest BCUT2D eigenvalue weighted by Gasteiger charge is -2.42. The van der Waals surface area contributed by atoms with Gasteiger partial charge in [0.2, 0.25) is 5.91 Å². The van der Waals surface area contributed by atoms with Crippen molar-refractivity contribution in [3.63, 3.8) is 0 Å². The van der Waals surface area contributed by atoms with Gasteiger partial charge in [0.1, 0.15) is 23.3 Å². The molecule has 0 aromatic heterocycles. The van der Waals surface area contributed by atoms with Gasteiger partial charge in [-0.2, -0.15) is 0 Å². The molecule has 1 aromatic carbocycles. The lowest BCUT2D eigenvalue weighted by molar-refractivity contribution is -0.139. The molecule has 190 valence electrons. The van der Waals surface area contributed by atoms with Gasteiger partial charge in [0, 0.05) is 44.8 Å². The Morgan fingerprint density at radius 2 is 1.65 bits per heavy atom. The quantitative estimate of drug-likeness (QED) is 0.550. The van der Waals surface area contributed by atoms with E-state index in [9.17, 15) is 9.00 Å². The molecule has 34 heavy (non-hydrogen) atoms. The van der Waals surface area contributed by atoms with Crippen molar-refractivity contribution in [1.29, 1.82) is 0 Å². The van der Waals surface area contributed by atoms with Crippen molar-refractivity contribution in [2.75, 3.05) is 73.2 Å². The molecule has 1 aromatic rings. The Balaban J connectivity index is 1.20. The van der Waals surface area contributed by atoms with Crippen LogP contribution in [0.15, 0.2) is 17.0 Å². The van der Waals surface area contributed by atoms with E-state index < -0.39 is 11.0 Å². The summed E-state index contributed by atoms with van der Waals surface area (Å²) < 4.78 is 26.4. The first-order valence-corrected chi connectivity index (χ1v) is 13.6. The summed E-state index contributed by atoms with van der Waals surface area (Å²) in [4.78, 5) is 20.4. The van der Waals surface area contributed by atoms with Gasteiger partial charge in [0.15, 0.2) is 0 Å². The molecule has 0 saturated carbocycles. The number of rotatable bonds is 8. The highest BCUT2D eigenvalue weighted by molar-refractivity contribution is 7.82. The van der Waals surface area contributed by atoms with Gasteiger partial charge in [-0.1, -0.05) is 0 Å². The van der Waals surface area contributed by atoms with Crippen molar-refractivity contribution >= 4 is 16.9 Å². The van der Waals surface area contributed by atoms with Crippen LogP contribution in [0.3, 0.4) is 0 Å². The third-order valence-electron chi connectivity index (χ3n) is 7.55. The second-order valence-corrected chi connectivity index (χ2v) is 11.3. The van der Waals surface area contributed by atoms with E-state index in [0.29, 0.717) is 12.6 Å². The summed E-state index contributed by atoms with van der Waals surface area (Å²) in [6, 6.07) is 4.59. The standard InChI is InChI=1S/C25H40N4O4S/c1-19-15-23(32-4)16-20(2)25(19)34(31)29-10-7-22(29)17-33-18-24(30)28-13-11-27(12-14-28)21-5-8-26(3)9-6-21/h15-16,21-22H,5-14,17-18H2,1-4H3. The molecular weight excluding hydrogens is 452 g/mol. The van der Waals surface area contributed by atoms with Crippen LogP contribution in [0.5, 0.6) is 5.75 Å². The summed E-state index contributed by atoms with van der Waals surface area (Å²) in [6.45, 7) is 11.1. The first-order chi connectivity index (χ1) is 16.4. The average Bonchev–Trinajstić information content (AvgIpc) is 2.81. The van der Waals surface area contributed by atoms with Crippen LogP contribution in [-0.4, -0.2) is 114 Å². The minimum absolute atomic E-state index is 0.0665. The lowest BCUT2D eigenvalue weighted by Crippen LogP contribution is -2.55. The monoisotopic (exact) mass is 492 g/mol. The van der Waals surface area contributed by atoms with Crippen LogP contribution in [0, 0.1) is 13.8 Å². The van der Waals surface area contributed by atoms with Crippen molar-refractivity contribution in [3.8, 4) is 5.75 Å². The third-order valence-corrected chi connectivity index (χ3v) is 9.45. The molecule has 4 rings (SSSR count). The molecule has 2 atom stereocenters. The molecule has 1 amide bonds. The number of aryl methyl sites for hydroxylation is 2. The summed E-state index contributed by atoms with van der Waals surface area (Å²) in [5.41, 5.74) is 1.94. The number of hydrogen-bond donors (Lipinski definition) is 0. The van der Waals surface area contributed by atoms with Crippen LogP contribution in [0.2, 0.25) is 0 Å². The van der Waals surface area contributed by atoms with E-state index in [-0.39, 0.29) is 18.6 Å². The topological polar surface area (TPSA) is 65.6 Å². The van der Waals surface area contributed by atoms with Crippen LogP contribution in [0.1, 0.15) is 30.4 Å². The maximum atomic E-state index is 13.3. The van der Waals surface area contributed by atoms with Gasteiger partial charge >= 0.3 is 0 Å². The first-order valence-electron chi connectivity index (χ1n) is 12.5. The molecule has 3 heterocycles. The maximum absolute atomic E-state index is 13.3. The number of methoxy groups -OCH3 is 1. The molecule has 3 fully saturated rings. The second-order valence-electron chi connectivity index (χ2n) is 9.89.